The van der Waals surface area contributed by atoms with Gasteiger partial charge in [-0.25, -0.2) is 9.18 Å². The van der Waals surface area contributed by atoms with Gasteiger partial charge in [-0.1, -0.05) is 12.1 Å². The zero-order valence-electron chi connectivity index (χ0n) is 16.8. The highest BCUT2D eigenvalue weighted by Crippen LogP contribution is 2.36. The van der Waals surface area contributed by atoms with E-state index in [0.717, 1.165) is 18.0 Å². The van der Waals surface area contributed by atoms with Crippen LogP contribution >= 0.6 is 11.3 Å². The Morgan fingerprint density at radius 1 is 1.24 bits per heavy atom. The van der Waals surface area contributed by atoms with Gasteiger partial charge in [0.25, 0.3) is 5.91 Å². The number of carbonyl (C=O) groups is 2. The second kappa shape index (κ2) is 9.47. The lowest BCUT2D eigenvalue weighted by atomic mass is 10.0. The molecule has 1 aromatic carbocycles. The Morgan fingerprint density at radius 3 is 2.52 bits per heavy atom. The molecule has 1 saturated heterocycles. The van der Waals surface area contributed by atoms with E-state index >= 15 is 0 Å². The maximum Gasteiger partial charge on any atom is 0.341 e. The predicted octanol–water partition coefficient (Wildman–Crippen LogP) is 2.36. The molecule has 2 aromatic rings. The third-order valence-electron chi connectivity index (χ3n) is 4.71. The number of hydrogen-bond donors (Lipinski definition) is 2. The van der Waals surface area contributed by atoms with Gasteiger partial charge in [0.1, 0.15) is 41.7 Å². The Balaban J connectivity index is 1.80. The van der Waals surface area contributed by atoms with Crippen molar-refractivity contribution in [2.45, 2.75) is 33.0 Å². The number of halogens is 1. The Bertz CT molecular complexity index is 858. The molecule has 1 aromatic heterocycles. The van der Waals surface area contributed by atoms with Gasteiger partial charge >= 0.3 is 5.97 Å². The van der Waals surface area contributed by atoms with E-state index in [4.69, 9.17) is 9.47 Å². The van der Waals surface area contributed by atoms with Crippen LogP contribution in [0.2, 0.25) is 0 Å². The third-order valence-corrected chi connectivity index (χ3v) is 5.60. The first-order valence-corrected chi connectivity index (χ1v) is 10.6. The fourth-order valence-corrected chi connectivity index (χ4v) is 4.60. The summed E-state index contributed by atoms with van der Waals surface area (Å²) >= 11 is 1.26. The molecule has 0 aliphatic carbocycles. The standard InChI is InChI=1S/C21H25FN2O4S/c1-4-27-21(26)19-17(15-5-7-16(22)8-6-15)12-29-20(19)23-18(25)11-24-9-13(2)28-14(3)10-24/h5-8,12-14H,4,9-11H2,1-3H3,(H,23,25)/p+1/t13-,14+. The molecule has 1 amide bonds. The number of carbonyl (C=O) groups excluding carboxylic acids is 2. The summed E-state index contributed by atoms with van der Waals surface area (Å²) in [4.78, 5) is 26.4. The molecule has 1 aliphatic heterocycles. The highest BCUT2D eigenvalue weighted by Gasteiger charge is 2.28. The summed E-state index contributed by atoms with van der Waals surface area (Å²) in [6, 6.07) is 5.88. The monoisotopic (exact) mass is 421 g/mol. The zero-order valence-corrected chi connectivity index (χ0v) is 17.6. The lowest BCUT2D eigenvalue weighted by Crippen LogP contribution is -3.16. The molecule has 0 bridgehead atoms. The molecule has 8 heteroatoms. The molecule has 1 aliphatic rings. The minimum atomic E-state index is -0.510. The summed E-state index contributed by atoms with van der Waals surface area (Å²) in [6.07, 6.45) is 0.201. The van der Waals surface area contributed by atoms with E-state index in [2.05, 4.69) is 5.32 Å². The summed E-state index contributed by atoms with van der Waals surface area (Å²) in [6.45, 7) is 7.76. The molecule has 0 radical (unpaired) electrons. The fraction of sp³-hybridized carbons (Fsp3) is 0.429. The van der Waals surface area contributed by atoms with Crippen LogP contribution in [0.5, 0.6) is 0 Å². The van der Waals surface area contributed by atoms with Crippen molar-refractivity contribution in [3.63, 3.8) is 0 Å². The van der Waals surface area contributed by atoms with Crippen LogP contribution in [0.3, 0.4) is 0 Å². The summed E-state index contributed by atoms with van der Waals surface area (Å²) in [5, 5.41) is 5.10. The smallest absolute Gasteiger partial charge is 0.341 e. The molecule has 1 unspecified atom stereocenters. The van der Waals surface area contributed by atoms with Crippen LogP contribution in [0.25, 0.3) is 11.1 Å². The van der Waals surface area contributed by atoms with Gasteiger partial charge < -0.3 is 19.7 Å². The number of morpholine rings is 1. The second-order valence-corrected chi connectivity index (χ2v) is 8.10. The average Bonchev–Trinajstić information content (AvgIpc) is 3.05. The molecule has 3 rings (SSSR count). The Labute approximate surface area is 173 Å². The molecule has 2 N–H and O–H groups in total. The second-order valence-electron chi connectivity index (χ2n) is 7.22. The lowest BCUT2D eigenvalue weighted by Gasteiger charge is -2.31. The number of nitrogens with one attached hydrogen (secondary N) is 2. The number of hydrogen-bond acceptors (Lipinski definition) is 5. The molecule has 29 heavy (non-hydrogen) atoms. The van der Waals surface area contributed by atoms with E-state index in [1.54, 1.807) is 24.4 Å². The molecule has 6 nitrogen and oxygen atoms in total. The Kier molecular flexibility index (Phi) is 7.00. The Hall–Kier alpha value is -2.29. The highest BCUT2D eigenvalue weighted by molar-refractivity contribution is 7.15. The third kappa shape index (κ3) is 5.41. The molecule has 156 valence electrons. The minimum Gasteiger partial charge on any atom is -0.462 e. The van der Waals surface area contributed by atoms with Crippen molar-refractivity contribution in [3.05, 3.63) is 41.0 Å². The summed E-state index contributed by atoms with van der Waals surface area (Å²) in [5.74, 6) is -1.03. The topological polar surface area (TPSA) is 69.1 Å². The SMILES string of the molecule is CCOC(=O)c1c(-c2ccc(F)cc2)csc1NC(=O)C[NH+]1C[C@@H](C)O[C@@H](C)C1. The van der Waals surface area contributed by atoms with Crippen molar-refractivity contribution in [2.75, 3.05) is 31.6 Å². The molecule has 2 heterocycles. The molecule has 0 spiro atoms. The van der Waals surface area contributed by atoms with Crippen LogP contribution in [0.4, 0.5) is 9.39 Å². The van der Waals surface area contributed by atoms with Gasteiger partial charge in [0.05, 0.1) is 6.61 Å². The van der Waals surface area contributed by atoms with Crippen molar-refractivity contribution in [3.8, 4) is 11.1 Å². The highest BCUT2D eigenvalue weighted by atomic mass is 32.1. The van der Waals surface area contributed by atoms with Gasteiger partial charge in [0.2, 0.25) is 0 Å². The van der Waals surface area contributed by atoms with Crippen molar-refractivity contribution in [1.29, 1.82) is 0 Å². The number of amides is 1. The number of esters is 1. The molecular weight excluding hydrogens is 395 g/mol. The van der Waals surface area contributed by atoms with Gasteiger partial charge in [-0.3, -0.25) is 4.79 Å². The van der Waals surface area contributed by atoms with E-state index < -0.39 is 5.97 Å². The van der Waals surface area contributed by atoms with Crippen molar-refractivity contribution in [1.82, 2.24) is 0 Å². The molecular formula is C21H26FN2O4S+. The van der Waals surface area contributed by atoms with E-state index in [9.17, 15) is 14.0 Å². The summed E-state index contributed by atoms with van der Waals surface area (Å²) in [7, 11) is 0. The molecule has 1 fully saturated rings. The van der Waals surface area contributed by atoms with Crippen LogP contribution < -0.4 is 10.2 Å². The quantitative estimate of drug-likeness (QED) is 0.703. The fourth-order valence-electron chi connectivity index (χ4n) is 3.63. The first-order chi connectivity index (χ1) is 13.9. The number of thiophene rings is 1. The van der Waals surface area contributed by atoms with E-state index in [-0.39, 0.29) is 30.5 Å². The van der Waals surface area contributed by atoms with Crippen LogP contribution in [0.15, 0.2) is 29.6 Å². The molecule has 3 atom stereocenters. The van der Waals surface area contributed by atoms with E-state index in [1.807, 2.05) is 13.8 Å². The number of ether oxygens (including phenoxy) is 2. The number of anilines is 1. The van der Waals surface area contributed by atoms with Crippen LogP contribution in [-0.4, -0.2) is 50.3 Å². The van der Waals surface area contributed by atoms with Crippen LogP contribution in [-0.2, 0) is 14.3 Å². The lowest BCUT2D eigenvalue weighted by molar-refractivity contribution is -0.907. The van der Waals surface area contributed by atoms with Gasteiger partial charge in [0.15, 0.2) is 6.54 Å². The van der Waals surface area contributed by atoms with Gasteiger partial charge in [-0.15, -0.1) is 11.3 Å². The van der Waals surface area contributed by atoms with Crippen LogP contribution in [0.1, 0.15) is 31.1 Å². The van der Waals surface area contributed by atoms with Crippen molar-refractivity contribution >= 4 is 28.2 Å². The number of benzene rings is 1. The predicted molar refractivity (Wildman–Crippen MR) is 110 cm³/mol. The van der Waals surface area contributed by atoms with Crippen LogP contribution in [0, 0.1) is 5.82 Å². The number of quaternary nitrogens is 1. The first kappa shape index (κ1) is 21.4. The maximum absolute atomic E-state index is 13.3. The van der Waals surface area contributed by atoms with E-state index in [1.165, 1.54) is 23.5 Å². The first-order valence-electron chi connectivity index (χ1n) is 9.70. The van der Waals surface area contributed by atoms with Gasteiger partial charge in [0, 0.05) is 10.9 Å². The van der Waals surface area contributed by atoms with Crippen molar-refractivity contribution < 1.29 is 28.4 Å². The maximum atomic E-state index is 13.3. The summed E-state index contributed by atoms with van der Waals surface area (Å²) < 4.78 is 24.2. The number of rotatable bonds is 6. The minimum absolute atomic E-state index is 0.100. The largest absolute Gasteiger partial charge is 0.462 e. The Morgan fingerprint density at radius 2 is 1.90 bits per heavy atom. The van der Waals surface area contributed by atoms with Crippen molar-refractivity contribution in [2.24, 2.45) is 0 Å². The average molecular weight is 422 g/mol. The van der Waals surface area contributed by atoms with Gasteiger partial charge in [-0.2, -0.15) is 0 Å². The summed E-state index contributed by atoms with van der Waals surface area (Å²) in [5.41, 5.74) is 1.60. The normalized spacial score (nSPS) is 21.6. The zero-order chi connectivity index (χ0) is 21.0. The molecule has 0 saturated carbocycles. The van der Waals surface area contributed by atoms with Gasteiger partial charge in [-0.05, 0) is 38.5 Å². The van der Waals surface area contributed by atoms with E-state index in [0.29, 0.717) is 28.2 Å².